The third-order valence-corrected chi connectivity index (χ3v) is 9.45. The predicted octanol–water partition coefficient (Wildman–Crippen LogP) is 10.0. The first-order valence-corrected chi connectivity index (χ1v) is 16.6. The van der Waals surface area contributed by atoms with Crippen molar-refractivity contribution in [2.45, 2.75) is 46.3 Å². The van der Waals surface area contributed by atoms with Crippen LogP contribution in [0.5, 0.6) is 0 Å². The van der Waals surface area contributed by atoms with Gasteiger partial charge in [0.05, 0.1) is 22.9 Å². The molecule has 4 heterocycles. The Morgan fingerprint density at radius 1 is 0.784 bits per heavy atom. The van der Waals surface area contributed by atoms with E-state index in [-0.39, 0.29) is 43.0 Å². The summed E-state index contributed by atoms with van der Waals surface area (Å²) in [6, 6.07) is 43.9. The quantitative estimate of drug-likeness (QED) is 0.128. The predicted molar refractivity (Wildman–Crippen MR) is 201 cm³/mol. The molecule has 6 heteroatoms. The van der Waals surface area contributed by atoms with Crippen LogP contribution in [0.1, 0.15) is 57.0 Å². The van der Waals surface area contributed by atoms with Crippen LogP contribution in [0.4, 0.5) is 0 Å². The molecule has 0 spiro atoms. The average Bonchev–Trinajstić information content (AvgIpc) is 3.85. The van der Waals surface area contributed by atoms with Gasteiger partial charge in [-0.2, -0.15) is 53.6 Å². The molecule has 0 bridgehead atoms. The first kappa shape index (κ1) is 26.5. The van der Waals surface area contributed by atoms with Gasteiger partial charge in [-0.1, -0.05) is 80.9 Å². The van der Waals surface area contributed by atoms with Gasteiger partial charge in [0.2, 0.25) is 0 Å². The monoisotopic (exact) mass is 849 g/mol. The minimum atomic E-state index is -2.75. The van der Waals surface area contributed by atoms with E-state index in [2.05, 4.69) is 103 Å². The molecule has 254 valence electrons. The molecule has 9 aromatic rings. The van der Waals surface area contributed by atoms with Crippen LogP contribution in [0, 0.1) is 32.2 Å². The molecular weight excluding hydrogens is 808 g/mol. The zero-order chi connectivity index (χ0) is 39.1. The van der Waals surface area contributed by atoms with E-state index in [1.54, 1.807) is 6.07 Å². The number of para-hydroxylation sites is 3. The summed E-state index contributed by atoms with van der Waals surface area (Å²) in [4.78, 5) is 4.66. The number of imidazole rings is 1. The van der Waals surface area contributed by atoms with E-state index in [0.29, 0.717) is 12.2 Å². The Kier molecular flexibility index (Phi) is 6.51. The Labute approximate surface area is 320 Å². The van der Waals surface area contributed by atoms with Crippen LogP contribution in [0.25, 0.3) is 61.0 Å². The molecule has 0 saturated carbocycles. The number of furan rings is 1. The molecule has 0 N–H and O–H groups in total. The number of pyridine rings is 1. The van der Waals surface area contributed by atoms with Crippen molar-refractivity contribution >= 4 is 43.8 Å². The van der Waals surface area contributed by atoms with Gasteiger partial charge < -0.3 is 13.6 Å². The van der Waals surface area contributed by atoms with Gasteiger partial charge in [0.1, 0.15) is 11.6 Å². The number of aryl methyl sites for hydroxylation is 2. The van der Waals surface area contributed by atoms with E-state index < -0.39 is 19.5 Å². The van der Waals surface area contributed by atoms with Crippen molar-refractivity contribution in [1.29, 1.82) is 0 Å². The van der Waals surface area contributed by atoms with Gasteiger partial charge in [-0.3, -0.25) is 4.57 Å². The van der Waals surface area contributed by atoms with E-state index in [9.17, 15) is 0 Å². The van der Waals surface area contributed by atoms with E-state index in [1.165, 1.54) is 11.8 Å². The Balaban J connectivity index is 0.00000455. The standard InChI is InChI=1S/C45H36N4O.Pt/c1-29-30(2)50-43-27-46-44(26-38(29)43)49-39-14-7-6-13-36(39)37-22-17-32(25-42(37)49)23-31-11-10-12-35(24-31)48-28-47(40-15-8-9-16-41(40)48)34-20-18-33(19-21-34)45(3,4)5;/h6-22,26-27H,23H2,1-5H3;/q-2;/i1D3,2D3;. The third-order valence-electron chi connectivity index (χ3n) is 9.45. The maximum absolute atomic E-state index is 8.19. The van der Waals surface area contributed by atoms with Crippen LogP contribution in [0.2, 0.25) is 0 Å². The first-order chi connectivity index (χ1) is 26.6. The van der Waals surface area contributed by atoms with Gasteiger partial charge in [0.15, 0.2) is 5.58 Å². The first-order valence-electron chi connectivity index (χ1n) is 19.6. The summed E-state index contributed by atoms with van der Waals surface area (Å²) in [7, 11) is 0. The zero-order valence-corrected chi connectivity index (χ0v) is 30.5. The summed E-state index contributed by atoms with van der Waals surface area (Å²) in [5, 5.41) is 2.11. The van der Waals surface area contributed by atoms with Crippen molar-refractivity contribution in [2.75, 3.05) is 0 Å². The maximum atomic E-state index is 8.19. The molecule has 5 aromatic carbocycles. The molecule has 4 aromatic heterocycles. The van der Waals surface area contributed by atoms with Gasteiger partial charge in [0.25, 0.3) is 6.33 Å². The van der Waals surface area contributed by atoms with Crippen LogP contribution >= 0.6 is 0 Å². The molecule has 9 rings (SSSR count). The molecular formula is C45H36N4OPt-2. The maximum Gasteiger partial charge on any atom is 0.268 e. The average molecular weight is 850 g/mol. The van der Waals surface area contributed by atoms with Gasteiger partial charge >= 0.3 is 0 Å². The number of benzene rings is 5. The van der Waals surface area contributed by atoms with Crippen molar-refractivity contribution in [2.24, 2.45) is 0 Å². The van der Waals surface area contributed by atoms with E-state index in [4.69, 9.17) is 12.6 Å². The number of hydrogen-bond acceptors (Lipinski definition) is 2. The second kappa shape index (κ2) is 12.5. The summed E-state index contributed by atoms with van der Waals surface area (Å²) in [5.74, 6) is -0.124. The molecule has 5 nitrogen and oxygen atoms in total. The smallest absolute Gasteiger partial charge is 0.268 e. The van der Waals surface area contributed by atoms with Gasteiger partial charge in [-0.15, -0.1) is 5.39 Å². The van der Waals surface area contributed by atoms with Crippen LogP contribution in [0.3, 0.4) is 0 Å². The second-order valence-corrected chi connectivity index (χ2v) is 13.7. The van der Waals surface area contributed by atoms with Crippen LogP contribution in [0.15, 0.2) is 120 Å². The van der Waals surface area contributed by atoms with Crippen molar-refractivity contribution in [1.82, 2.24) is 14.1 Å². The summed E-state index contributed by atoms with van der Waals surface area (Å²) < 4.78 is 60.1. The Hall–Kier alpha value is -5.25. The molecule has 0 aliphatic heterocycles. The van der Waals surface area contributed by atoms with E-state index in [0.717, 1.165) is 55.3 Å². The van der Waals surface area contributed by atoms with Gasteiger partial charge in [-0.05, 0) is 72.0 Å². The Morgan fingerprint density at radius 2 is 1.57 bits per heavy atom. The Bertz CT molecular complexity index is 2970. The topological polar surface area (TPSA) is 39.8 Å². The van der Waals surface area contributed by atoms with Crippen molar-refractivity contribution in [3.05, 3.63) is 162 Å². The van der Waals surface area contributed by atoms with Crippen LogP contribution < -0.4 is 4.57 Å². The number of fused-ring (bicyclic) bond motifs is 5. The third kappa shape index (κ3) is 5.61. The minimum absolute atomic E-state index is 0. The summed E-state index contributed by atoms with van der Waals surface area (Å²) >= 11 is 0. The normalized spacial score (nSPS) is 14.2. The fraction of sp³-hybridized carbons (Fsp3) is 0.156. The molecule has 0 saturated heterocycles. The number of nitrogens with zero attached hydrogens (tertiary/aromatic N) is 4. The SMILES string of the molecule is [2H]C([2H])([2H])c1oc2cnc(-n3c4[c-]c(Cc5[c-]c(-n6[c-][n+](-c7ccc(C(C)(C)C)cc7)c7ccccc76)ccc5)ccc4c4ccccc43)cc2c1C([2H])([2H])[2H].[Pt]. The van der Waals surface area contributed by atoms with Crippen molar-refractivity contribution in [3.8, 4) is 17.2 Å². The Morgan fingerprint density at radius 3 is 2.37 bits per heavy atom. The molecule has 0 amide bonds. The zero-order valence-electron chi connectivity index (χ0n) is 34.2. The minimum Gasteiger partial charge on any atom is -0.459 e. The van der Waals surface area contributed by atoms with Crippen molar-refractivity contribution < 1.29 is 38.3 Å². The van der Waals surface area contributed by atoms with Crippen LogP contribution in [-0.4, -0.2) is 14.1 Å². The summed E-state index contributed by atoms with van der Waals surface area (Å²) in [5.41, 5.74) is 8.51. The number of aromatic nitrogens is 4. The van der Waals surface area contributed by atoms with Crippen molar-refractivity contribution in [3.63, 3.8) is 0 Å². The molecule has 0 aliphatic carbocycles. The van der Waals surface area contributed by atoms with E-state index >= 15 is 0 Å². The van der Waals surface area contributed by atoms with Crippen LogP contribution in [-0.2, 0) is 32.9 Å². The molecule has 0 atom stereocenters. The number of rotatable bonds is 5. The van der Waals surface area contributed by atoms with Gasteiger partial charge in [0, 0.05) is 40.2 Å². The second-order valence-electron chi connectivity index (χ2n) is 13.7. The largest absolute Gasteiger partial charge is 0.459 e. The van der Waals surface area contributed by atoms with E-state index in [1.807, 2.05) is 57.7 Å². The fourth-order valence-corrected chi connectivity index (χ4v) is 6.87. The molecule has 0 fully saturated rings. The summed E-state index contributed by atoms with van der Waals surface area (Å²) in [6.45, 7) is 1.16. The van der Waals surface area contributed by atoms with Gasteiger partial charge in [-0.25, -0.2) is 4.98 Å². The molecule has 0 aliphatic rings. The fourth-order valence-electron chi connectivity index (χ4n) is 6.87. The number of hydrogen-bond donors (Lipinski definition) is 0. The summed E-state index contributed by atoms with van der Waals surface area (Å²) in [6.07, 6.45) is 5.52. The molecule has 0 radical (unpaired) electrons. The molecule has 51 heavy (non-hydrogen) atoms. The molecule has 0 unspecified atom stereocenters.